The maximum absolute atomic E-state index is 12.4. The van der Waals surface area contributed by atoms with E-state index in [0.29, 0.717) is 16.2 Å². The molecule has 0 saturated heterocycles. The van der Waals surface area contributed by atoms with E-state index in [2.05, 4.69) is 25.9 Å². The quantitative estimate of drug-likeness (QED) is 0.806. The summed E-state index contributed by atoms with van der Waals surface area (Å²) in [5.74, 6) is 0.717. The Hall–Kier alpha value is -0.880. The smallest absolute Gasteiger partial charge is 0.261 e. The van der Waals surface area contributed by atoms with Crippen molar-refractivity contribution in [3.8, 4) is 0 Å². The molecule has 19 heavy (non-hydrogen) atoms. The van der Waals surface area contributed by atoms with Gasteiger partial charge in [-0.2, -0.15) is 0 Å². The minimum Gasteiger partial charge on any atom is -0.269 e. The monoisotopic (exact) mass is 339 g/mol. The molecule has 1 fully saturated rings. The Bertz CT molecular complexity index is 709. The molecular weight excluding hydrogens is 326 g/mol. The summed E-state index contributed by atoms with van der Waals surface area (Å²) in [5.41, 5.74) is 2.38. The van der Waals surface area contributed by atoms with Gasteiger partial charge in [-0.1, -0.05) is 0 Å². The topological polar surface area (TPSA) is 47.3 Å². The van der Waals surface area contributed by atoms with Gasteiger partial charge in [0, 0.05) is 11.8 Å². The van der Waals surface area contributed by atoms with Crippen LogP contribution in [0, 0.1) is 12.8 Å². The van der Waals surface area contributed by atoms with Crippen LogP contribution in [0.4, 0.5) is 0 Å². The van der Waals surface area contributed by atoms with Crippen LogP contribution in [0.3, 0.4) is 0 Å². The van der Waals surface area contributed by atoms with Crippen molar-refractivity contribution in [1.82, 2.24) is 14.4 Å². The van der Waals surface area contributed by atoms with Crippen LogP contribution in [0.25, 0.3) is 5.65 Å². The molecular formula is C13H14BrN3OS. The van der Waals surface area contributed by atoms with E-state index in [9.17, 15) is 4.79 Å². The molecule has 2 heterocycles. The van der Waals surface area contributed by atoms with Crippen LogP contribution in [0.5, 0.6) is 0 Å². The molecule has 0 atom stereocenters. The number of thioether (sulfide) groups is 1. The molecule has 0 amide bonds. The van der Waals surface area contributed by atoms with Crippen LogP contribution in [0.15, 0.2) is 20.6 Å². The van der Waals surface area contributed by atoms with Crippen molar-refractivity contribution in [2.75, 3.05) is 6.26 Å². The molecule has 1 aliphatic carbocycles. The van der Waals surface area contributed by atoms with E-state index in [1.807, 2.05) is 13.2 Å². The predicted octanol–water partition coefficient (Wildman–Crippen LogP) is 2.83. The fourth-order valence-corrected chi connectivity index (χ4v) is 3.17. The summed E-state index contributed by atoms with van der Waals surface area (Å²) >= 11 is 4.85. The first-order valence-corrected chi connectivity index (χ1v) is 8.24. The molecule has 0 N–H and O–H groups in total. The SMILES string of the molecule is CSc1nc(Br)cn2c(=O)c(C)c(CC3CC3)nc12. The fraction of sp³-hybridized carbons (Fsp3) is 0.462. The van der Waals surface area contributed by atoms with E-state index in [1.54, 1.807) is 10.6 Å². The third kappa shape index (κ3) is 2.43. The van der Waals surface area contributed by atoms with Crippen molar-refractivity contribution >= 4 is 33.3 Å². The molecule has 4 nitrogen and oxygen atoms in total. The Labute approximate surface area is 123 Å². The first-order valence-electron chi connectivity index (χ1n) is 6.22. The normalized spacial score (nSPS) is 15.1. The summed E-state index contributed by atoms with van der Waals surface area (Å²) in [7, 11) is 0. The summed E-state index contributed by atoms with van der Waals surface area (Å²) in [5, 5.41) is 0.781. The maximum Gasteiger partial charge on any atom is 0.261 e. The van der Waals surface area contributed by atoms with Gasteiger partial charge < -0.3 is 0 Å². The molecule has 6 heteroatoms. The predicted molar refractivity (Wildman–Crippen MR) is 79.9 cm³/mol. The molecule has 2 aromatic heterocycles. The molecule has 2 aromatic rings. The molecule has 0 aromatic carbocycles. The second-order valence-corrected chi connectivity index (χ2v) is 6.51. The molecule has 0 bridgehead atoms. The van der Waals surface area contributed by atoms with Crippen molar-refractivity contribution in [3.63, 3.8) is 0 Å². The molecule has 1 aliphatic rings. The lowest BCUT2D eigenvalue weighted by atomic mass is 10.1. The zero-order chi connectivity index (χ0) is 13.6. The van der Waals surface area contributed by atoms with E-state index in [0.717, 1.165) is 22.7 Å². The Morgan fingerprint density at radius 3 is 2.84 bits per heavy atom. The Kier molecular flexibility index (Phi) is 3.39. The Morgan fingerprint density at radius 2 is 2.21 bits per heavy atom. The van der Waals surface area contributed by atoms with Gasteiger partial charge in [-0.05, 0) is 54.3 Å². The average Bonchev–Trinajstić information content (AvgIpc) is 3.20. The van der Waals surface area contributed by atoms with Crippen molar-refractivity contribution < 1.29 is 0 Å². The van der Waals surface area contributed by atoms with Crippen LogP contribution >= 0.6 is 27.7 Å². The molecule has 3 rings (SSSR count). The molecule has 100 valence electrons. The Morgan fingerprint density at radius 1 is 1.47 bits per heavy atom. The van der Waals surface area contributed by atoms with Crippen LogP contribution in [0.2, 0.25) is 0 Å². The number of nitrogens with zero attached hydrogens (tertiary/aromatic N) is 3. The lowest BCUT2D eigenvalue weighted by Crippen LogP contribution is -2.21. The van der Waals surface area contributed by atoms with Gasteiger partial charge in [0.2, 0.25) is 0 Å². The molecule has 0 aliphatic heterocycles. The van der Waals surface area contributed by atoms with Gasteiger partial charge in [0.25, 0.3) is 5.56 Å². The van der Waals surface area contributed by atoms with Gasteiger partial charge in [0.15, 0.2) is 5.65 Å². The van der Waals surface area contributed by atoms with Crippen molar-refractivity contribution in [2.24, 2.45) is 5.92 Å². The number of rotatable bonds is 3. The van der Waals surface area contributed by atoms with E-state index < -0.39 is 0 Å². The van der Waals surface area contributed by atoms with E-state index >= 15 is 0 Å². The van der Waals surface area contributed by atoms with Gasteiger partial charge in [-0.15, -0.1) is 11.8 Å². The molecule has 0 unspecified atom stereocenters. The molecule has 0 radical (unpaired) electrons. The lowest BCUT2D eigenvalue weighted by molar-refractivity contribution is 0.780. The summed E-state index contributed by atoms with van der Waals surface area (Å²) in [6.07, 6.45) is 7.07. The number of fused-ring (bicyclic) bond motifs is 1. The third-order valence-electron chi connectivity index (χ3n) is 3.45. The van der Waals surface area contributed by atoms with Crippen LogP contribution < -0.4 is 5.56 Å². The highest BCUT2D eigenvalue weighted by atomic mass is 79.9. The first-order chi connectivity index (χ1) is 9.10. The number of hydrogen-bond acceptors (Lipinski definition) is 4. The largest absolute Gasteiger partial charge is 0.269 e. The van der Waals surface area contributed by atoms with Crippen LogP contribution in [0.1, 0.15) is 24.1 Å². The highest BCUT2D eigenvalue weighted by molar-refractivity contribution is 9.10. The standard InChI is InChI=1S/C13H14BrN3OS/c1-7-9(5-8-3-4-8)15-11-12(19-2)16-10(14)6-17(11)13(7)18/h6,8H,3-5H2,1-2H3. The second-order valence-electron chi connectivity index (χ2n) is 4.90. The van der Waals surface area contributed by atoms with Gasteiger partial charge in [-0.25, -0.2) is 9.97 Å². The summed E-state index contributed by atoms with van der Waals surface area (Å²) in [4.78, 5) is 21.5. The number of aromatic nitrogens is 3. The molecule has 1 saturated carbocycles. The van der Waals surface area contributed by atoms with Crippen molar-refractivity contribution in [1.29, 1.82) is 0 Å². The minimum atomic E-state index is 0.0130. The summed E-state index contributed by atoms with van der Waals surface area (Å²) in [6, 6.07) is 0. The highest BCUT2D eigenvalue weighted by Gasteiger charge is 2.24. The van der Waals surface area contributed by atoms with Crippen molar-refractivity contribution in [2.45, 2.75) is 31.2 Å². The van der Waals surface area contributed by atoms with Gasteiger partial charge >= 0.3 is 0 Å². The van der Waals surface area contributed by atoms with Crippen molar-refractivity contribution in [3.05, 3.63) is 32.4 Å². The van der Waals surface area contributed by atoms with Gasteiger partial charge in [0.05, 0.1) is 5.69 Å². The number of halogens is 1. The second kappa shape index (κ2) is 4.90. The van der Waals surface area contributed by atoms with Gasteiger partial charge in [-0.3, -0.25) is 9.20 Å². The van der Waals surface area contributed by atoms with E-state index in [-0.39, 0.29) is 5.56 Å². The molecule has 0 spiro atoms. The zero-order valence-electron chi connectivity index (χ0n) is 10.8. The third-order valence-corrected chi connectivity index (χ3v) is 4.49. The van der Waals surface area contributed by atoms with E-state index in [1.165, 1.54) is 24.6 Å². The number of hydrogen-bond donors (Lipinski definition) is 0. The fourth-order valence-electron chi connectivity index (χ4n) is 2.15. The van der Waals surface area contributed by atoms with Crippen LogP contribution in [-0.2, 0) is 6.42 Å². The first kappa shape index (κ1) is 13.1. The Balaban J connectivity index is 2.27. The average molecular weight is 340 g/mol. The maximum atomic E-state index is 12.4. The van der Waals surface area contributed by atoms with Crippen LogP contribution in [-0.4, -0.2) is 20.6 Å². The summed E-state index contributed by atoms with van der Waals surface area (Å²) in [6.45, 7) is 1.87. The lowest BCUT2D eigenvalue weighted by Gasteiger charge is -2.10. The minimum absolute atomic E-state index is 0.0130. The summed E-state index contributed by atoms with van der Waals surface area (Å²) < 4.78 is 2.25. The van der Waals surface area contributed by atoms with E-state index in [4.69, 9.17) is 0 Å². The van der Waals surface area contributed by atoms with Gasteiger partial charge in [0.1, 0.15) is 9.63 Å². The zero-order valence-corrected chi connectivity index (χ0v) is 13.2. The highest BCUT2D eigenvalue weighted by Crippen LogP contribution is 2.32.